The molecular weight excluding hydrogens is 150 g/mol. The van der Waals surface area contributed by atoms with Crippen LogP contribution in [0.3, 0.4) is 0 Å². The Balaban J connectivity index is 3.25. The van der Waals surface area contributed by atoms with E-state index in [0.29, 0.717) is 0 Å². The van der Waals surface area contributed by atoms with Crippen LogP contribution in [0.25, 0.3) is 0 Å². The smallest absolute Gasteiger partial charge is 0.195 e. The Morgan fingerprint density at radius 1 is 1.22 bits per heavy atom. The number of aromatic nitrogens is 2. The minimum Gasteiger partial charge on any atom is -0.195 e. The topological polar surface area (TPSA) is 25.8 Å². The predicted octanol–water partition coefficient (Wildman–Crippen LogP) is 1.21. The van der Waals surface area contributed by atoms with Gasteiger partial charge in [-0.25, -0.2) is 0 Å². The van der Waals surface area contributed by atoms with E-state index in [0.717, 1.165) is 0 Å². The van der Waals surface area contributed by atoms with Crippen molar-refractivity contribution in [2.75, 3.05) is 0 Å². The molecule has 0 aliphatic rings. The van der Waals surface area contributed by atoms with Gasteiger partial charge in [0.25, 0.3) is 0 Å². The first-order chi connectivity index (χ1) is 4.22. The van der Waals surface area contributed by atoms with Crippen LogP contribution in [0, 0.1) is 18.2 Å². The van der Waals surface area contributed by atoms with Crippen LogP contribution in [0.1, 0.15) is 0 Å². The van der Waals surface area contributed by atoms with Crippen LogP contribution in [0.4, 0.5) is 8.78 Å². The van der Waals surface area contributed by atoms with Crippen LogP contribution >= 0.6 is 11.6 Å². The first-order valence-electron chi connectivity index (χ1n) is 1.96. The predicted molar refractivity (Wildman–Crippen MR) is 25.8 cm³/mol. The van der Waals surface area contributed by atoms with E-state index in [1.165, 1.54) is 0 Å². The van der Waals surface area contributed by atoms with Crippen molar-refractivity contribution in [1.29, 1.82) is 0 Å². The molecule has 47 valence electrons. The largest absolute Gasteiger partial charge is 0.238 e. The lowest BCUT2D eigenvalue weighted by Crippen LogP contribution is -1.91. The molecule has 0 N–H and O–H groups in total. The van der Waals surface area contributed by atoms with Gasteiger partial charge in [-0.05, 0) is 0 Å². The summed E-state index contributed by atoms with van der Waals surface area (Å²) in [4.78, 5) is 5.73. The summed E-state index contributed by atoms with van der Waals surface area (Å²) in [5, 5.41) is -0.700. The van der Waals surface area contributed by atoms with Gasteiger partial charge in [-0.1, -0.05) is 11.6 Å². The number of halogens is 3. The van der Waals surface area contributed by atoms with Crippen molar-refractivity contribution in [3.63, 3.8) is 0 Å². The molecule has 0 fully saturated rings. The fourth-order valence-electron chi connectivity index (χ4n) is 0.296. The van der Waals surface area contributed by atoms with E-state index in [4.69, 9.17) is 11.6 Å². The molecule has 1 aromatic rings. The maximum absolute atomic E-state index is 12.0. The molecule has 0 bridgehead atoms. The molecular formula is C4ClF2N2. The highest BCUT2D eigenvalue weighted by Crippen LogP contribution is 2.12. The third-order valence-electron chi connectivity index (χ3n) is 0.659. The van der Waals surface area contributed by atoms with Gasteiger partial charge in [0.15, 0.2) is 5.02 Å². The summed E-state index contributed by atoms with van der Waals surface area (Å²) in [6, 6.07) is 0. The van der Waals surface area contributed by atoms with E-state index >= 15 is 0 Å². The van der Waals surface area contributed by atoms with Gasteiger partial charge < -0.3 is 0 Å². The van der Waals surface area contributed by atoms with Gasteiger partial charge in [-0.2, -0.15) is 18.7 Å². The Morgan fingerprint density at radius 3 is 2.00 bits per heavy atom. The highest BCUT2D eigenvalue weighted by atomic mass is 35.5. The van der Waals surface area contributed by atoms with Gasteiger partial charge in [-0.3, -0.25) is 0 Å². The normalized spacial score (nSPS) is 9.67. The van der Waals surface area contributed by atoms with Crippen molar-refractivity contribution >= 4 is 11.6 Å². The highest BCUT2D eigenvalue weighted by Gasteiger charge is 2.06. The Hall–Kier alpha value is -0.770. The lowest BCUT2D eigenvalue weighted by atomic mass is 10.6. The molecule has 1 radical (unpaired) electrons. The fraction of sp³-hybridized carbons (Fsp3) is 0. The number of rotatable bonds is 0. The summed E-state index contributed by atoms with van der Waals surface area (Å²) in [5.74, 6) is -2.19. The Kier molecular flexibility index (Phi) is 1.57. The Morgan fingerprint density at radius 2 is 1.67 bits per heavy atom. The lowest BCUT2D eigenvalue weighted by molar-refractivity contribution is 0.524. The Bertz CT molecular complexity index is 208. The average Bonchev–Trinajstić information content (AvgIpc) is 1.83. The molecule has 0 aliphatic heterocycles. The minimum atomic E-state index is -1.09. The molecule has 0 unspecified atom stereocenters. The van der Waals surface area contributed by atoms with Gasteiger partial charge in [0.2, 0.25) is 18.2 Å². The van der Waals surface area contributed by atoms with Crippen molar-refractivity contribution in [3.05, 3.63) is 23.2 Å². The molecule has 1 heterocycles. The zero-order valence-corrected chi connectivity index (χ0v) is 4.78. The maximum Gasteiger partial charge on any atom is 0.238 e. The quantitative estimate of drug-likeness (QED) is 0.518. The van der Waals surface area contributed by atoms with E-state index in [1.54, 1.807) is 6.33 Å². The molecule has 1 rings (SSSR count). The van der Waals surface area contributed by atoms with E-state index in [9.17, 15) is 8.78 Å². The lowest BCUT2D eigenvalue weighted by Gasteiger charge is -1.88. The molecule has 0 amide bonds. The summed E-state index contributed by atoms with van der Waals surface area (Å²) in [7, 11) is 0. The first kappa shape index (κ1) is 6.35. The van der Waals surface area contributed by atoms with Crippen LogP contribution in [-0.4, -0.2) is 9.97 Å². The van der Waals surface area contributed by atoms with Gasteiger partial charge in [0, 0.05) is 0 Å². The number of hydrogen-bond donors (Lipinski definition) is 0. The zero-order chi connectivity index (χ0) is 6.85. The summed E-state index contributed by atoms with van der Waals surface area (Å²) in [6.45, 7) is 0. The highest BCUT2D eigenvalue weighted by molar-refractivity contribution is 6.30. The van der Waals surface area contributed by atoms with Crippen molar-refractivity contribution in [3.8, 4) is 0 Å². The molecule has 9 heavy (non-hydrogen) atoms. The summed E-state index contributed by atoms with van der Waals surface area (Å²) < 4.78 is 24.1. The van der Waals surface area contributed by atoms with E-state index < -0.39 is 16.9 Å². The third kappa shape index (κ3) is 1.13. The Labute approximate surface area is 54.5 Å². The number of nitrogens with zero attached hydrogens (tertiary/aromatic N) is 2. The second kappa shape index (κ2) is 2.23. The third-order valence-corrected chi connectivity index (χ3v) is 0.970. The van der Waals surface area contributed by atoms with Crippen LogP contribution in [0.2, 0.25) is 5.02 Å². The van der Waals surface area contributed by atoms with Crippen molar-refractivity contribution < 1.29 is 8.78 Å². The van der Waals surface area contributed by atoms with E-state index in [1.807, 2.05) is 0 Å². The summed E-state index contributed by atoms with van der Waals surface area (Å²) in [5.41, 5.74) is 0. The van der Waals surface area contributed by atoms with Gasteiger partial charge >= 0.3 is 0 Å². The molecule has 0 aliphatic carbocycles. The van der Waals surface area contributed by atoms with Crippen LogP contribution in [0.5, 0.6) is 0 Å². The molecule has 1 aromatic heterocycles. The SMILES string of the molecule is Fc1n[c]nc(F)c1Cl. The average molecular weight is 150 g/mol. The van der Waals surface area contributed by atoms with Crippen molar-refractivity contribution in [2.45, 2.75) is 0 Å². The van der Waals surface area contributed by atoms with Gasteiger partial charge in [0.1, 0.15) is 0 Å². The monoisotopic (exact) mass is 149 g/mol. The molecule has 0 aromatic carbocycles. The summed E-state index contributed by atoms with van der Waals surface area (Å²) >= 11 is 4.98. The standard InChI is InChI=1S/C4ClF2N2/c5-2-3(6)8-1-9-4(2)7. The zero-order valence-electron chi connectivity index (χ0n) is 4.03. The number of hydrogen-bond acceptors (Lipinski definition) is 2. The molecule has 0 saturated heterocycles. The molecule has 5 heteroatoms. The molecule has 2 nitrogen and oxygen atoms in total. The van der Waals surface area contributed by atoms with E-state index in [-0.39, 0.29) is 0 Å². The second-order valence-electron chi connectivity index (χ2n) is 1.22. The van der Waals surface area contributed by atoms with Gasteiger partial charge in [0.05, 0.1) is 0 Å². The van der Waals surface area contributed by atoms with E-state index in [2.05, 4.69) is 9.97 Å². The fourth-order valence-corrected chi connectivity index (χ4v) is 0.381. The van der Waals surface area contributed by atoms with Crippen molar-refractivity contribution in [1.82, 2.24) is 9.97 Å². The molecule has 0 atom stereocenters. The molecule has 0 saturated carbocycles. The minimum absolute atomic E-state index is 0.700. The summed E-state index contributed by atoms with van der Waals surface area (Å²) in [6.07, 6.45) is 1.74. The van der Waals surface area contributed by atoms with Crippen LogP contribution < -0.4 is 0 Å². The van der Waals surface area contributed by atoms with Gasteiger partial charge in [-0.15, -0.1) is 0 Å². The first-order valence-corrected chi connectivity index (χ1v) is 2.34. The van der Waals surface area contributed by atoms with Crippen molar-refractivity contribution in [2.24, 2.45) is 0 Å². The van der Waals surface area contributed by atoms with Crippen LogP contribution in [-0.2, 0) is 0 Å². The maximum atomic E-state index is 12.0. The van der Waals surface area contributed by atoms with Crippen LogP contribution in [0.15, 0.2) is 0 Å². The second-order valence-corrected chi connectivity index (χ2v) is 1.60. The molecule has 0 spiro atoms.